The molecular weight excluding hydrogens is 352 g/mol. The van der Waals surface area contributed by atoms with E-state index in [2.05, 4.69) is 20.7 Å². The summed E-state index contributed by atoms with van der Waals surface area (Å²) in [5, 5.41) is 0. The van der Waals surface area contributed by atoms with Gasteiger partial charge in [-0.3, -0.25) is 0 Å². The number of halogens is 3. The molecular formula is C13H16BrF2NO2S. The molecule has 1 unspecified atom stereocenters. The zero-order valence-corrected chi connectivity index (χ0v) is 13.4. The van der Waals surface area contributed by atoms with Crippen molar-refractivity contribution in [2.24, 2.45) is 5.92 Å². The van der Waals surface area contributed by atoms with Crippen LogP contribution in [0.3, 0.4) is 0 Å². The SMILES string of the molecule is CC(NS(=O)(=O)c1c(F)cc(F)cc1Br)C1CCCC1. The molecule has 0 aliphatic heterocycles. The van der Waals surface area contributed by atoms with Crippen LogP contribution in [0.25, 0.3) is 0 Å². The third-order valence-electron chi connectivity index (χ3n) is 3.68. The van der Waals surface area contributed by atoms with E-state index in [1.807, 2.05) is 0 Å². The zero-order valence-electron chi connectivity index (χ0n) is 11.0. The van der Waals surface area contributed by atoms with E-state index in [1.54, 1.807) is 6.92 Å². The first kappa shape index (κ1) is 15.9. The van der Waals surface area contributed by atoms with Gasteiger partial charge < -0.3 is 0 Å². The molecule has 1 aliphatic carbocycles. The largest absolute Gasteiger partial charge is 0.244 e. The zero-order chi connectivity index (χ0) is 14.9. The summed E-state index contributed by atoms with van der Waals surface area (Å²) < 4.78 is 53.6. The van der Waals surface area contributed by atoms with Crippen LogP contribution < -0.4 is 4.72 Å². The lowest BCUT2D eigenvalue weighted by atomic mass is 10.0. The fraction of sp³-hybridized carbons (Fsp3) is 0.538. The standard InChI is InChI=1S/C13H16BrF2NO2S/c1-8(9-4-2-3-5-9)17-20(18,19)13-11(14)6-10(15)7-12(13)16/h6-9,17H,2-5H2,1H3. The molecule has 1 saturated carbocycles. The minimum absolute atomic E-state index is 0.110. The molecule has 7 heteroatoms. The van der Waals surface area contributed by atoms with E-state index >= 15 is 0 Å². The normalized spacial score (nSPS) is 18.4. The van der Waals surface area contributed by atoms with E-state index in [0.29, 0.717) is 6.07 Å². The Kier molecular flexibility index (Phi) is 4.81. The van der Waals surface area contributed by atoms with Gasteiger partial charge in [-0.2, -0.15) is 0 Å². The minimum atomic E-state index is -4.01. The summed E-state index contributed by atoms with van der Waals surface area (Å²) in [6.45, 7) is 1.78. The molecule has 0 heterocycles. The van der Waals surface area contributed by atoms with Crippen LogP contribution in [0.15, 0.2) is 21.5 Å². The number of rotatable bonds is 4. The maximum atomic E-state index is 13.7. The highest BCUT2D eigenvalue weighted by atomic mass is 79.9. The first-order chi connectivity index (χ1) is 9.31. The van der Waals surface area contributed by atoms with Crippen LogP contribution in [0.2, 0.25) is 0 Å². The van der Waals surface area contributed by atoms with Gasteiger partial charge in [0.05, 0.1) is 0 Å². The quantitative estimate of drug-likeness (QED) is 0.883. The average Bonchev–Trinajstić information content (AvgIpc) is 2.78. The molecule has 0 amide bonds. The summed E-state index contributed by atoms with van der Waals surface area (Å²) in [5.41, 5.74) is 0. The van der Waals surface area contributed by atoms with Crippen LogP contribution in [-0.4, -0.2) is 14.5 Å². The van der Waals surface area contributed by atoms with Crippen molar-refractivity contribution < 1.29 is 17.2 Å². The number of hydrogen-bond acceptors (Lipinski definition) is 2. The summed E-state index contributed by atoms with van der Waals surface area (Å²) in [6.07, 6.45) is 4.12. The van der Waals surface area contributed by atoms with Crippen molar-refractivity contribution in [2.75, 3.05) is 0 Å². The van der Waals surface area contributed by atoms with Crippen molar-refractivity contribution in [1.82, 2.24) is 4.72 Å². The highest BCUT2D eigenvalue weighted by molar-refractivity contribution is 9.10. The van der Waals surface area contributed by atoms with Crippen molar-refractivity contribution in [2.45, 2.75) is 43.5 Å². The predicted molar refractivity (Wildman–Crippen MR) is 75.8 cm³/mol. The van der Waals surface area contributed by atoms with Crippen molar-refractivity contribution in [3.8, 4) is 0 Å². The molecule has 3 nitrogen and oxygen atoms in total. The van der Waals surface area contributed by atoms with Gasteiger partial charge in [0.2, 0.25) is 10.0 Å². The van der Waals surface area contributed by atoms with E-state index in [-0.39, 0.29) is 16.4 Å². The maximum absolute atomic E-state index is 13.7. The molecule has 1 aromatic carbocycles. The van der Waals surface area contributed by atoms with E-state index in [9.17, 15) is 17.2 Å². The molecule has 1 aromatic rings. The molecule has 1 N–H and O–H groups in total. The highest BCUT2D eigenvalue weighted by Crippen LogP contribution is 2.30. The van der Waals surface area contributed by atoms with Crippen LogP contribution in [0.4, 0.5) is 8.78 Å². The van der Waals surface area contributed by atoms with E-state index < -0.39 is 26.6 Å². The summed E-state index contributed by atoms with van der Waals surface area (Å²) in [4.78, 5) is -0.538. The Labute approximate surface area is 125 Å². The van der Waals surface area contributed by atoms with Gasteiger partial charge in [0.25, 0.3) is 0 Å². The molecule has 0 radical (unpaired) electrons. The van der Waals surface area contributed by atoms with Crippen LogP contribution in [0.1, 0.15) is 32.6 Å². The van der Waals surface area contributed by atoms with Crippen LogP contribution in [0, 0.1) is 17.6 Å². The second-order valence-electron chi connectivity index (χ2n) is 5.15. The minimum Gasteiger partial charge on any atom is -0.208 e. The molecule has 112 valence electrons. The molecule has 1 aliphatic rings. The molecule has 0 spiro atoms. The Morgan fingerprint density at radius 3 is 2.45 bits per heavy atom. The monoisotopic (exact) mass is 367 g/mol. The fourth-order valence-corrected chi connectivity index (χ4v) is 5.12. The molecule has 0 saturated heterocycles. The van der Waals surface area contributed by atoms with Crippen molar-refractivity contribution in [1.29, 1.82) is 0 Å². The Hall–Kier alpha value is -0.530. The maximum Gasteiger partial charge on any atom is 0.244 e. The van der Waals surface area contributed by atoms with Crippen molar-refractivity contribution in [3.63, 3.8) is 0 Å². The number of nitrogens with one attached hydrogen (secondary N) is 1. The van der Waals surface area contributed by atoms with Crippen LogP contribution in [-0.2, 0) is 10.0 Å². The molecule has 1 fully saturated rings. The van der Waals surface area contributed by atoms with E-state index in [1.165, 1.54) is 0 Å². The Morgan fingerprint density at radius 1 is 1.30 bits per heavy atom. The number of hydrogen-bond donors (Lipinski definition) is 1. The molecule has 1 atom stereocenters. The Morgan fingerprint density at radius 2 is 1.90 bits per heavy atom. The topological polar surface area (TPSA) is 46.2 Å². The van der Waals surface area contributed by atoms with Gasteiger partial charge in [-0.05, 0) is 47.7 Å². The second-order valence-corrected chi connectivity index (χ2v) is 7.66. The molecule has 20 heavy (non-hydrogen) atoms. The first-order valence-electron chi connectivity index (χ1n) is 6.48. The van der Waals surface area contributed by atoms with Gasteiger partial charge in [-0.25, -0.2) is 21.9 Å². The van der Waals surface area contributed by atoms with Gasteiger partial charge in [-0.1, -0.05) is 12.8 Å². The van der Waals surface area contributed by atoms with E-state index in [0.717, 1.165) is 31.7 Å². The van der Waals surface area contributed by atoms with Gasteiger partial charge in [0, 0.05) is 16.6 Å². The summed E-state index contributed by atoms with van der Waals surface area (Å²) >= 11 is 2.91. The predicted octanol–water partition coefficient (Wildman–Crippen LogP) is 3.58. The number of benzene rings is 1. The third kappa shape index (κ3) is 3.38. The lowest BCUT2D eigenvalue weighted by Crippen LogP contribution is -2.37. The third-order valence-corrected chi connectivity index (χ3v) is 6.20. The summed E-state index contributed by atoms with van der Waals surface area (Å²) in [5.74, 6) is -1.65. The van der Waals surface area contributed by atoms with Gasteiger partial charge in [0.1, 0.15) is 16.5 Å². The Bertz CT molecular complexity index is 577. The van der Waals surface area contributed by atoms with E-state index in [4.69, 9.17) is 0 Å². The highest BCUT2D eigenvalue weighted by Gasteiger charge is 2.29. The first-order valence-corrected chi connectivity index (χ1v) is 8.76. The average molecular weight is 368 g/mol. The Balaban J connectivity index is 2.26. The lowest BCUT2D eigenvalue weighted by molar-refractivity contribution is 0.422. The van der Waals surface area contributed by atoms with Crippen LogP contribution in [0.5, 0.6) is 0 Å². The molecule has 0 aromatic heterocycles. The van der Waals surface area contributed by atoms with Gasteiger partial charge in [-0.15, -0.1) is 0 Å². The van der Waals surface area contributed by atoms with Crippen molar-refractivity contribution in [3.05, 3.63) is 28.2 Å². The fourth-order valence-electron chi connectivity index (χ4n) is 2.64. The van der Waals surface area contributed by atoms with Gasteiger partial charge in [0.15, 0.2) is 0 Å². The molecule has 0 bridgehead atoms. The summed E-state index contributed by atoms with van der Waals surface area (Å²) in [7, 11) is -4.01. The van der Waals surface area contributed by atoms with Crippen LogP contribution >= 0.6 is 15.9 Å². The lowest BCUT2D eigenvalue weighted by Gasteiger charge is -2.20. The second kappa shape index (κ2) is 6.07. The number of sulfonamides is 1. The van der Waals surface area contributed by atoms with Crippen molar-refractivity contribution >= 4 is 26.0 Å². The summed E-state index contributed by atoms with van der Waals surface area (Å²) in [6, 6.07) is 1.25. The smallest absolute Gasteiger partial charge is 0.208 e. The molecule has 2 rings (SSSR count). The van der Waals surface area contributed by atoms with Gasteiger partial charge >= 0.3 is 0 Å².